The highest BCUT2D eigenvalue weighted by Gasteiger charge is 2.21. The maximum atomic E-state index is 4.79. The van der Waals surface area contributed by atoms with Gasteiger partial charge in [-0.1, -0.05) is 13.3 Å². The molecule has 110 valence electrons. The zero-order chi connectivity index (χ0) is 13.8. The first-order chi connectivity index (χ1) is 9.85. The van der Waals surface area contributed by atoms with E-state index >= 15 is 0 Å². The topological polar surface area (TPSA) is 41.1 Å². The van der Waals surface area contributed by atoms with E-state index in [1.807, 2.05) is 12.4 Å². The van der Waals surface area contributed by atoms with Crippen LogP contribution >= 0.6 is 0 Å². The van der Waals surface area contributed by atoms with E-state index in [9.17, 15) is 0 Å². The summed E-state index contributed by atoms with van der Waals surface area (Å²) in [4.78, 5) is 11.6. The van der Waals surface area contributed by atoms with E-state index < -0.39 is 0 Å². The molecule has 2 fully saturated rings. The first-order valence-electron chi connectivity index (χ1n) is 8.14. The summed E-state index contributed by atoms with van der Waals surface area (Å²) in [6, 6.07) is 0.726. The highest BCUT2D eigenvalue weighted by atomic mass is 15.2. The largest absolute Gasteiger partial charge is 0.355 e. The van der Waals surface area contributed by atoms with Gasteiger partial charge in [-0.25, -0.2) is 4.98 Å². The maximum absolute atomic E-state index is 4.79. The van der Waals surface area contributed by atoms with Gasteiger partial charge >= 0.3 is 0 Å². The molecule has 4 nitrogen and oxygen atoms in total. The molecule has 1 saturated heterocycles. The van der Waals surface area contributed by atoms with Crippen molar-refractivity contribution in [3.63, 3.8) is 0 Å². The van der Waals surface area contributed by atoms with Gasteiger partial charge in [-0.05, 0) is 38.0 Å². The van der Waals surface area contributed by atoms with Crippen LogP contribution in [0, 0.1) is 5.92 Å². The third-order valence-electron chi connectivity index (χ3n) is 4.57. The SMILES string of the molecule is CCC1CCCN(c2cncc(CNC3CC3)n2)CC1. The second kappa shape index (κ2) is 6.53. The summed E-state index contributed by atoms with van der Waals surface area (Å²) in [5.74, 6) is 1.96. The summed E-state index contributed by atoms with van der Waals surface area (Å²) in [7, 11) is 0. The summed E-state index contributed by atoms with van der Waals surface area (Å²) in [6.45, 7) is 5.43. The predicted molar refractivity (Wildman–Crippen MR) is 81.7 cm³/mol. The van der Waals surface area contributed by atoms with Gasteiger partial charge in [0.05, 0.1) is 11.9 Å². The van der Waals surface area contributed by atoms with Crippen molar-refractivity contribution in [1.29, 1.82) is 0 Å². The Morgan fingerprint density at radius 2 is 2.10 bits per heavy atom. The molecule has 1 aromatic heterocycles. The van der Waals surface area contributed by atoms with Gasteiger partial charge in [0.2, 0.25) is 0 Å². The smallest absolute Gasteiger partial charge is 0.147 e. The van der Waals surface area contributed by atoms with E-state index in [4.69, 9.17) is 4.98 Å². The van der Waals surface area contributed by atoms with Crippen molar-refractivity contribution in [2.45, 2.75) is 58.0 Å². The summed E-state index contributed by atoms with van der Waals surface area (Å²) in [5.41, 5.74) is 1.07. The fourth-order valence-corrected chi connectivity index (χ4v) is 2.97. The number of rotatable bonds is 5. The van der Waals surface area contributed by atoms with Crippen molar-refractivity contribution >= 4 is 5.82 Å². The number of nitrogens with zero attached hydrogens (tertiary/aromatic N) is 3. The van der Waals surface area contributed by atoms with Gasteiger partial charge in [-0.3, -0.25) is 4.98 Å². The Morgan fingerprint density at radius 3 is 2.90 bits per heavy atom. The van der Waals surface area contributed by atoms with Crippen LogP contribution in [0.1, 0.15) is 51.1 Å². The standard InChI is InChI=1S/C16H26N4/c1-2-13-4-3-8-20(9-7-13)16-12-17-10-15(19-16)11-18-14-5-6-14/h10,12-14,18H,2-9,11H2,1H3. The van der Waals surface area contributed by atoms with E-state index in [-0.39, 0.29) is 0 Å². The minimum Gasteiger partial charge on any atom is -0.355 e. The second-order valence-corrected chi connectivity index (χ2v) is 6.22. The quantitative estimate of drug-likeness (QED) is 0.896. The van der Waals surface area contributed by atoms with Crippen LogP contribution in [0.2, 0.25) is 0 Å². The van der Waals surface area contributed by atoms with Crippen LogP contribution in [-0.4, -0.2) is 29.1 Å². The minimum absolute atomic E-state index is 0.726. The van der Waals surface area contributed by atoms with Crippen molar-refractivity contribution in [3.8, 4) is 0 Å². The van der Waals surface area contributed by atoms with Crippen molar-refractivity contribution in [2.24, 2.45) is 5.92 Å². The van der Waals surface area contributed by atoms with Gasteiger partial charge in [0, 0.05) is 31.9 Å². The second-order valence-electron chi connectivity index (χ2n) is 6.22. The molecule has 1 atom stereocenters. The van der Waals surface area contributed by atoms with Gasteiger partial charge in [-0.2, -0.15) is 0 Å². The maximum Gasteiger partial charge on any atom is 0.147 e. The first kappa shape index (κ1) is 13.8. The molecule has 0 aromatic carbocycles. The number of hydrogen-bond acceptors (Lipinski definition) is 4. The van der Waals surface area contributed by atoms with Crippen LogP contribution in [-0.2, 0) is 6.54 Å². The minimum atomic E-state index is 0.726. The zero-order valence-corrected chi connectivity index (χ0v) is 12.5. The lowest BCUT2D eigenvalue weighted by Crippen LogP contribution is -2.26. The highest BCUT2D eigenvalue weighted by molar-refractivity contribution is 5.36. The normalized spacial score (nSPS) is 23.6. The molecule has 0 bridgehead atoms. The van der Waals surface area contributed by atoms with Crippen LogP contribution in [0.25, 0.3) is 0 Å². The zero-order valence-electron chi connectivity index (χ0n) is 12.5. The summed E-state index contributed by atoms with van der Waals surface area (Å²) in [6.07, 6.45) is 11.7. The number of hydrogen-bond donors (Lipinski definition) is 1. The number of anilines is 1. The molecular weight excluding hydrogens is 248 g/mol. The Morgan fingerprint density at radius 1 is 1.20 bits per heavy atom. The molecule has 1 unspecified atom stereocenters. The van der Waals surface area contributed by atoms with Crippen LogP contribution < -0.4 is 10.2 Å². The van der Waals surface area contributed by atoms with Crippen molar-refractivity contribution in [2.75, 3.05) is 18.0 Å². The molecule has 2 aliphatic rings. The first-order valence-corrected chi connectivity index (χ1v) is 8.14. The molecule has 3 rings (SSSR count). The number of aromatic nitrogens is 2. The summed E-state index contributed by atoms with van der Waals surface area (Å²) in [5, 5.41) is 3.51. The van der Waals surface area contributed by atoms with E-state index in [1.165, 1.54) is 38.5 Å². The highest BCUT2D eigenvalue weighted by Crippen LogP contribution is 2.23. The van der Waals surface area contributed by atoms with Crippen LogP contribution in [0.3, 0.4) is 0 Å². The van der Waals surface area contributed by atoms with Crippen molar-refractivity contribution in [3.05, 3.63) is 18.1 Å². The Balaban J connectivity index is 1.61. The molecule has 2 heterocycles. The summed E-state index contributed by atoms with van der Waals surface area (Å²) >= 11 is 0. The lowest BCUT2D eigenvalue weighted by atomic mass is 9.98. The molecule has 1 aliphatic carbocycles. The molecule has 0 radical (unpaired) electrons. The molecule has 0 amide bonds. The Labute approximate surface area is 122 Å². The van der Waals surface area contributed by atoms with E-state index in [2.05, 4.69) is 22.1 Å². The summed E-state index contributed by atoms with van der Waals surface area (Å²) < 4.78 is 0. The predicted octanol–water partition coefficient (Wildman–Crippen LogP) is 2.75. The molecule has 1 N–H and O–H groups in total. The van der Waals surface area contributed by atoms with Gasteiger partial charge < -0.3 is 10.2 Å². The fourth-order valence-electron chi connectivity index (χ4n) is 2.97. The Hall–Kier alpha value is -1.16. The molecule has 0 spiro atoms. The van der Waals surface area contributed by atoms with Crippen molar-refractivity contribution in [1.82, 2.24) is 15.3 Å². The average Bonchev–Trinajstić information content (AvgIpc) is 3.32. The van der Waals surface area contributed by atoms with Crippen LogP contribution in [0.5, 0.6) is 0 Å². The third kappa shape index (κ3) is 3.69. The van der Waals surface area contributed by atoms with E-state index in [0.29, 0.717) is 0 Å². The third-order valence-corrected chi connectivity index (χ3v) is 4.57. The van der Waals surface area contributed by atoms with Crippen LogP contribution in [0.15, 0.2) is 12.4 Å². The van der Waals surface area contributed by atoms with E-state index in [0.717, 1.165) is 43.1 Å². The fraction of sp³-hybridized carbons (Fsp3) is 0.750. The van der Waals surface area contributed by atoms with Gasteiger partial charge in [-0.15, -0.1) is 0 Å². The Kier molecular flexibility index (Phi) is 4.51. The van der Waals surface area contributed by atoms with Gasteiger partial charge in [0.1, 0.15) is 5.82 Å². The molecule has 4 heteroatoms. The average molecular weight is 274 g/mol. The van der Waals surface area contributed by atoms with E-state index in [1.54, 1.807) is 0 Å². The molecule has 20 heavy (non-hydrogen) atoms. The van der Waals surface area contributed by atoms with Gasteiger partial charge in [0.15, 0.2) is 0 Å². The number of nitrogens with one attached hydrogen (secondary N) is 1. The Bertz CT molecular complexity index is 430. The lowest BCUT2D eigenvalue weighted by Gasteiger charge is -2.21. The molecule has 1 saturated carbocycles. The van der Waals surface area contributed by atoms with Crippen molar-refractivity contribution < 1.29 is 0 Å². The molecule has 1 aromatic rings. The monoisotopic (exact) mass is 274 g/mol. The molecule has 1 aliphatic heterocycles. The van der Waals surface area contributed by atoms with Gasteiger partial charge in [0.25, 0.3) is 0 Å². The lowest BCUT2D eigenvalue weighted by molar-refractivity contribution is 0.459. The van der Waals surface area contributed by atoms with Crippen LogP contribution in [0.4, 0.5) is 5.82 Å². The molecular formula is C16H26N4.